The van der Waals surface area contributed by atoms with Crippen LogP contribution in [0.5, 0.6) is 5.75 Å². The van der Waals surface area contributed by atoms with Crippen LogP contribution in [0.2, 0.25) is 0 Å². The van der Waals surface area contributed by atoms with E-state index in [0.29, 0.717) is 23.6 Å². The smallest absolute Gasteiger partial charge is 0.165 e. The predicted molar refractivity (Wildman–Crippen MR) is 161 cm³/mol. The van der Waals surface area contributed by atoms with E-state index in [1.165, 1.54) is 0 Å². The number of fused-ring (bicyclic) bond motifs is 1. The average Bonchev–Trinajstić information content (AvgIpc) is 3.66. The van der Waals surface area contributed by atoms with Crippen molar-refractivity contribution >= 4 is 23.2 Å². The van der Waals surface area contributed by atoms with Crippen LogP contribution in [0.4, 0.5) is 5.82 Å². The highest BCUT2D eigenvalue weighted by atomic mass is 32.2. The highest BCUT2D eigenvalue weighted by molar-refractivity contribution is 7.99. The minimum absolute atomic E-state index is 0.0808. The van der Waals surface area contributed by atoms with Gasteiger partial charge in [-0.25, -0.2) is 9.97 Å². The molecule has 3 N–H and O–H groups in total. The first-order chi connectivity index (χ1) is 20.0. The Hall–Kier alpha value is -3.86. The van der Waals surface area contributed by atoms with Gasteiger partial charge in [-0.2, -0.15) is 9.61 Å². The zero-order valence-corrected chi connectivity index (χ0v) is 24.2. The van der Waals surface area contributed by atoms with Crippen molar-refractivity contribution in [3.63, 3.8) is 0 Å². The molecule has 1 atom stereocenters. The summed E-state index contributed by atoms with van der Waals surface area (Å²) in [6, 6.07) is 16.2. The fraction of sp³-hybridized carbons (Fsp3) is 0.323. The highest BCUT2D eigenvalue weighted by Crippen LogP contribution is 2.42. The van der Waals surface area contributed by atoms with Crippen LogP contribution in [0.1, 0.15) is 35.9 Å². The summed E-state index contributed by atoms with van der Waals surface area (Å²) in [7, 11) is 3.64. The van der Waals surface area contributed by atoms with E-state index in [9.17, 15) is 10.2 Å². The van der Waals surface area contributed by atoms with E-state index < -0.39 is 6.10 Å². The number of benzene rings is 2. The van der Waals surface area contributed by atoms with Crippen molar-refractivity contribution in [2.75, 3.05) is 24.8 Å². The number of anilines is 1. The maximum Gasteiger partial charge on any atom is 0.165 e. The molecule has 212 valence electrons. The molecule has 1 fully saturated rings. The first-order valence-electron chi connectivity index (χ1n) is 13.8. The zero-order valence-electron chi connectivity index (χ0n) is 23.4. The van der Waals surface area contributed by atoms with Gasteiger partial charge in [0, 0.05) is 48.9 Å². The number of nitrogens with one attached hydrogen (secondary N) is 1. The van der Waals surface area contributed by atoms with Gasteiger partial charge in [0.05, 0.1) is 36.1 Å². The number of rotatable bonds is 11. The maximum absolute atomic E-state index is 11.1. The number of ether oxygens (including phenoxy) is 1. The number of aliphatic hydroxyl groups is 2. The molecule has 1 saturated carbocycles. The molecular formula is C31H34N6O3S. The minimum Gasteiger partial charge on any atom is -0.496 e. The third-order valence-electron chi connectivity index (χ3n) is 7.44. The molecule has 6 rings (SSSR count). The van der Waals surface area contributed by atoms with E-state index in [-0.39, 0.29) is 12.5 Å². The molecule has 0 radical (unpaired) electrons. The first-order valence-corrected chi connectivity index (χ1v) is 14.8. The van der Waals surface area contributed by atoms with E-state index in [1.54, 1.807) is 25.1 Å². The topological polar surface area (TPSA) is 110 Å². The first kappa shape index (κ1) is 27.3. The number of hydrogen-bond donors (Lipinski definition) is 3. The molecule has 9 nitrogen and oxygen atoms in total. The van der Waals surface area contributed by atoms with Gasteiger partial charge in [0.2, 0.25) is 0 Å². The maximum atomic E-state index is 11.1. The van der Waals surface area contributed by atoms with Gasteiger partial charge in [-0.3, -0.25) is 0 Å². The third kappa shape index (κ3) is 5.55. The van der Waals surface area contributed by atoms with Crippen LogP contribution in [0.15, 0.2) is 65.8 Å². The van der Waals surface area contributed by atoms with Crippen LogP contribution >= 0.6 is 11.8 Å². The lowest BCUT2D eigenvalue weighted by atomic mass is 10.1. The van der Waals surface area contributed by atoms with Crippen LogP contribution < -0.4 is 10.1 Å². The molecule has 1 aliphatic rings. The Bertz CT molecular complexity index is 1690. The summed E-state index contributed by atoms with van der Waals surface area (Å²) in [6.07, 6.45) is 5.13. The molecule has 2 aromatic carbocycles. The monoisotopic (exact) mass is 570 g/mol. The van der Waals surface area contributed by atoms with Gasteiger partial charge >= 0.3 is 0 Å². The lowest BCUT2D eigenvalue weighted by molar-refractivity contribution is 0.149. The summed E-state index contributed by atoms with van der Waals surface area (Å²) in [4.78, 5) is 10.4. The van der Waals surface area contributed by atoms with Crippen molar-refractivity contribution in [1.29, 1.82) is 0 Å². The number of hydrogen-bond acceptors (Lipinski definition) is 8. The third-order valence-corrected chi connectivity index (χ3v) is 8.45. The lowest BCUT2D eigenvalue weighted by Gasteiger charge is -2.15. The number of nitrogens with zero attached hydrogens (tertiary/aromatic N) is 5. The number of thioether (sulfide) groups is 1. The molecular weight excluding hydrogens is 536 g/mol. The van der Waals surface area contributed by atoms with Crippen LogP contribution in [0.25, 0.3) is 28.2 Å². The van der Waals surface area contributed by atoms with Crippen LogP contribution in [0.3, 0.4) is 0 Å². The van der Waals surface area contributed by atoms with Crippen LogP contribution in [-0.2, 0) is 13.6 Å². The van der Waals surface area contributed by atoms with E-state index in [2.05, 4.69) is 34.6 Å². The minimum atomic E-state index is -0.623. The molecule has 1 unspecified atom stereocenters. The molecule has 10 heteroatoms. The molecule has 3 heterocycles. The Morgan fingerprint density at radius 2 is 2.00 bits per heavy atom. The molecule has 1 aliphatic carbocycles. The Morgan fingerprint density at radius 1 is 1.15 bits per heavy atom. The van der Waals surface area contributed by atoms with Crippen molar-refractivity contribution < 1.29 is 14.9 Å². The van der Waals surface area contributed by atoms with Gasteiger partial charge in [0.25, 0.3) is 0 Å². The van der Waals surface area contributed by atoms with Gasteiger partial charge in [0.1, 0.15) is 17.4 Å². The number of aliphatic hydroxyl groups excluding tert-OH is 2. The van der Waals surface area contributed by atoms with Crippen LogP contribution in [0, 0.1) is 12.8 Å². The second kappa shape index (κ2) is 11.6. The molecule has 3 aromatic heterocycles. The Balaban J connectivity index is 1.39. The van der Waals surface area contributed by atoms with E-state index in [1.807, 2.05) is 53.5 Å². The number of imidazole rings is 1. The quantitative estimate of drug-likeness (QED) is 0.185. The molecule has 0 aliphatic heterocycles. The second-order valence-corrected chi connectivity index (χ2v) is 11.5. The fourth-order valence-electron chi connectivity index (χ4n) is 5.17. The molecule has 0 bridgehead atoms. The summed E-state index contributed by atoms with van der Waals surface area (Å²) in [5.41, 5.74) is 6.18. The Labute approximate surface area is 243 Å². The van der Waals surface area contributed by atoms with Gasteiger partial charge in [-0.05, 0) is 55.0 Å². The van der Waals surface area contributed by atoms with Crippen molar-refractivity contribution in [2.45, 2.75) is 37.3 Å². The number of aromatic nitrogens is 5. The normalized spacial score (nSPS) is 14.0. The van der Waals surface area contributed by atoms with E-state index >= 15 is 0 Å². The van der Waals surface area contributed by atoms with Crippen molar-refractivity contribution in [1.82, 2.24) is 24.1 Å². The van der Waals surface area contributed by atoms with Gasteiger partial charge in [-0.15, -0.1) is 11.8 Å². The van der Waals surface area contributed by atoms with Crippen molar-refractivity contribution in [2.24, 2.45) is 13.0 Å². The van der Waals surface area contributed by atoms with Crippen LogP contribution in [-0.4, -0.2) is 53.8 Å². The van der Waals surface area contributed by atoms with Gasteiger partial charge in [0.15, 0.2) is 5.65 Å². The number of methoxy groups -OCH3 is 1. The van der Waals surface area contributed by atoms with Gasteiger partial charge in [-0.1, -0.05) is 24.3 Å². The Morgan fingerprint density at radius 3 is 2.73 bits per heavy atom. The standard InChI is InChI=1S/C31H34N6O3S/c1-19-28(22-9-10-25(40-3)26(16-22)41-14-13-38)31-34-24(29(39)21-7-8-21)17-27(37(31)35-19)33-18-20-5-4-6-23(15-20)30-32-11-12-36(30)2/h4-6,9-12,15-17,21,29,33,38-39H,7-8,13-14,18H2,1-3H3. The summed E-state index contributed by atoms with van der Waals surface area (Å²) < 4.78 is 9.40. The highest BCUT2D eigenvalue weighted by Gasteiger charge is 2.33. The SMILES string of the molecule is COc1ccc(-c2c(C)nn3c(NCc4cccc(-c5nccn5C)c4)cc(C(O)C4CC4)nc23)cc1SCCO. The summed E-state index contributed by atoms with van der Waals surface area (Å²) in [5, 5.41) is 28.9. The van der Waals surface area contributed by atoms with Crippen molar-refractivity contribution in [3.8, 4) is 28.3 Å². The predicted octanol–water partition coefficient (Wildman–Crippen LogP) is 5.25. The molecule has 0 amide bonds. The fourth-order valence-corrected chi connectivity index (χ4v) is 5.98. The summed E-state index contributed by atoms with van der Waals surface area (Å²) >= 11 is 1.54. The molecule has 41 heavy (non-hydrogen) atoms. The average molecular weight is 571 g/mol. The zero-order chi connectivity index (χ0) is 28.5. The lowest BCUT2D eigenvalue weighted by Crippen LogP contribution is -2.10. The second-order valence-electron chi connectivity index (χ2n) is 10.4. The summed E-state index contributed by atoms with van der Waals surface area (Å²) in [5.74, 6) is 3.25. The van der Waals surface area contributed by atoms with Gasteiger partial charge < -0.3 is 24.8 Å². The molecule has 0 saturated heterocycles. The Kier molecular flexibility index (Phi) is 7.70. The molecule has 5 aromatic rings. The van der Waals surface area contributed by atoms with E-state index in [0.717, 1.165) is 63.1 Å². The largest absolute Gasteiger partial charge is 0.496 e. The van der Waals surface area contributed by atoms with E-state index in [4.69, 9.17) is 14.8 Å². The van der Waals surface area contributed by atoms with Crippen molar-refractivity contribution in [3.05, 3.63) is 77.9 Å². The number of aryl methyl sites for hydroxylation is 2. The summed E-state index contributed by atoms with van der Waals surface area (Å²) in [6.45, 7) is 2.62. The molecule has 0 spiro atoms.